The summed E-state index contributed by atoms with van der Waals surface area (Å²) in [6.45, 7) is 11.9. The maximum Gasteiger partial charge on any atom is 0.0596 e. The zero-order valence-electron chi connectivity index (χ0n) is 11.2. The fourth-order valence-corrected chi connectivity index (χ4v) is 2.19. The lowest BCUT2D eigenvalue weighted by Gasteiger charge is -2.30. The molecule has 1 fully saturated rings. The molecule has 3 nitrogen and oxygen atoms in total. The fraction of sp³-hybridized carbons (Fsp3) is 1.00. The van der Waals surface area contributed by atoms with Crippen molar-refractivity contribution >= 4 is 0 Å². The minimum Gasteiger partial charge on any atom is -0.377 e. The average Bonchev–Trinajstić information content (AvgIpc) is 2.28. The highest BCUT2D eigenvalue weighted by Gasteiger charge is 2.15. The average molecular weight is 228 g/mol. The summed E-state index contributed by atoms with van der Waals surface area (Å²) in [7, 11) is 0. The lowest BCUT2D eigenvalue weighted by Crippen LogP contribution is -2.44. The van der Waals surface area contributed by atoms with Crippen molar-refractivity contribution in [2.75, 3.05) is 32.8 Å². The van der Waals surface area contributed by atoms with Gasteiger partial charge in [0.25, 0.3) is 0 Å². The van der Waals surface area contributed by atoms with Gasteiger partial charge < -0.3 is 10.1 Å². The second-order valence-electron chi connectivity index (χ2n) is 4.96. The highest BCUT2D eigenvalue weighted by atomic mass is 16.5. The molecule has 1 heterocycles. The van der Waals surface area contributed by atoms with Crippen LogP contribution in [0.15, 0.2) is 0 Å². The third-order valence-corrected chi connectivity index (χ3v) is 3.20. The van der Waals surface area contributed by atoms with Crippen molar-refractivity contribution in [3.05, 3.63) is 0 Å². The largest absolute Gasteiger partial charge is 0.377 e. The predicted octanol–water partition coefficient (Wildman–Crippen LogP) is 1.88. The van der Waals surface area contributed by atoms with E-state index in [1.807, 2.05) is 0 Å². The van der Waals surface area contributed by atoms with Gasteiger partial charge in [-0.1, -0.05) is 13.3 Å². The summed E-state index contributed by atoms with van der Waals surface area (Å²) in [5.41, 5.74) is 0. The molecule has 3 heteroatoms. The molecule has 1 aliphatic rings. The van der Waals surface area contributed by atoms with Gasteiger partial charge in [-0.05, 0) is 39.8 Å². The quantitative estimate of drug-likeness (QED) is 0.720. The Bertz CT molecular complexity index is 167. The number of hydrogen-bond acceptors (Lipinski definition) is 3. The van der Waals surface area contributed by atoms with Crippen LogP contribution < -0.4 is 5.32 Å². The monoisotopic (exact) mass is 228 g/mol. The van der Waals surface area contributed by atoms with Crippen LogP contribution in [0.4, 0.5) is 0 Å². The number of ether oxygens (including phenoxy) is 1. The van der Waals surface area contributed by atoms with Gasteiger partial charge in [0, 0.05) is 19.1 Å². The van der Waals surface area contributed by atoms with E-state index in [0.717, 1.165) is 19.7 Å². The van der Waals surface area contributed by atoms with E-state index < -0.39 is 0 Å². The second-order valence-corrected chi connectivity index (χ2v) is 4.96. The first-order valence-corrected chi connectivity index (χ1v) is 6.79. The van der Waals surface area contributed by atoms with E-state index in [1.54, 1.807) is 0 Å². The summed E-state index contributed by atoms with van der Waals surface area (Å²) in [5, 5.41) is 3.60. The number of piperidine rings is 1. The number of likely N-dealkylation sites (N-methyl/N-ethyl adjacent to an activating group) is 1. The fourth-order valence-electron chi connectivity index (χ4n) is 2.19. The minimum atomic E-state index is 0.353. The zero-order valence-corrected chi connectivity index (χ0v) is 11.2. The third kappa shape index (κ3) is 5.83. The van der Waals surface area contributed by atoms with E-state index in [9.17, 15) is 0 Å². The van der Waals surface area contributed by atoms with Crippen molar-refractivity contribution < 1.29 is 4.74 Å². The normalized spacial score (nSPS) is 21.9. The third-order valence-electron chi connectivity index (χ3n) is 3.20. The lowest BCUT2D eigenvalue weighted by atomic mass is 10.0. The molecule has 0 spiro atoms. The first kappa shape index (κ1) is 13.9. The molecule has 0 aromatic carbocycles. The van der Waals surface area contributed by atoms with Gasteiger partial charge in [-0.2, -0.15) is 0 Å². The summed E-state index contributed by atoms with van der Waals surface area (Å²) in [6, 6.07) is 0.702. The van der Waals surface area contributed by atoms with E-state index >= 15 is 0 Å². The van der Waals surface area contributed by atoms with Crippen LogP contribution in [0.3, 0.4) is 0 Å². The molecule has 16 heavy (non-hydrogen) atoms. The van der Waals surface area contributed by atoms with Crippen LogP contribution in [0.25, 0.3) is 0 Å². The number of rotatable bonds is 7. The Morgan fingerprint density at radius 1 is 1.38 bits per heavy atom. The van der Waals surface area contributed by atoms with Crippen LogP contribution in [-0.4, -0.2) is 49.8 Å². The Morgan fingerprint density at radius 2 is 2.19 bits per heavy atom. The maximum atomic E-state index is 5.60. The summed E-state index contributed by atoms with van der Waals surface area (Å²) >= 11 is 0. The molecule has 0 bridgehead atoms. The van der Waals surface area contributed by atoms with Gasteiger partial charge in [-0.3, -0.25) is 4.90 Å². The molecular weight excluding hydrogens is 200 g/mol. The van der Waals surface area contributed by atoms with E-state index in [2.05, 4.69) is 31.0 Å². The van der Waals surface area contributed by atoms with Gasteiger partial charge in [0.05, 0.1) is 12.7 Å². The first-order chi connectivity index (χ1) is 7.72. The number of hydrogen-bond donors (Lipinski definition) is 1. The van der Waals surface area contributed by atoms with Crippen LogP contribution in [0.1, 0.15) is 40.0 Å². The molecule has 1 N–H and O–H groups in total. The highest BCUT2D eigenvalue weighted by molar-refractivity contribution is 4.75. The van der Waals surface area contributed by atoms with E-state index in [-0.39, 0.29) is 0 Å². The second kappa shape index (κ2) is 8.04. The Kier molecular flexibility index (Phi) is 7.01. The topological polar surface area (TPSA) is 24.5 Å². The smallest absolute Gasteiger partial charge is 0.0596 e. The maximum absolute atomic E-state index is 5.60. The van der Waals surface area contributed by atoms with E-state index in [4.69, 9.17) is 4.74 Å². The van der Waals surface area contributed by atoms with Gasteiger partial charge >= 0.3 is 0 Å². The van der Waals surface area contributed by atoms with Gasteiger partial charge in [-0.15, -0.1) is 0 Å². The molecule has 0 aromatic heterocycles. The first-order valence-electron chi connectivity index (χ1n) is 6.79. The standard InChI is InChI=1S/C13H28N2O/c1-4-15(9-10-16-12(2)3)11-13-7-5-6-8-14-13/h12-14H,4-11H2,1-3H3. The van der Waals surface area contributed by atoms with Gasteiger partial charge in [0.15, 0.2) is 0 Å². The van der Waals surface area contributed by atoms with Crippen LogP contribution in [0.5, 0.6) is 0 Å². The number of nitrogens with zero attached hydrogens (tertiary/aromatic N) is 1. The molecule has 0 amide bonds. The van der Waals surface area contributed by atoms with Crippen molar-refractivity contribution in [3.8, 4) is 0 Å². The predicted molar refractivity (Wildman–Crippen MR) is 68.8 cm³/mol. The van der Waals surface area contributed by atoms with Crippen molar-refractivity contribution in [1.82, 2.24) is 10.2 Å². The molecule has 1 rings (SSSR count). The summed E-state index contributed by atoms with van der Waals surface area (Å²) in [4.78, 5) is 2.49. The SMILES string of the molecule is CCN(CCOC(C)C)CC1CCCCN1. The molecule has 1 atom stereocenters. The molecule has 0 radical (unpaired) electrons. The van der Waals surface area contributed by atoms with Crippen LogP contribution in [-0.2, 0) is 4.74 Å². The van der Waals surface area contributed by atoms with Crippen LogP contribution >= 0.6 is 0 Å². The van der Waals surface area contributed by atoms with Crippen molar-refractivity contribution in [3.63, 3.8) is 0 Å². The Hall–Kier alpha value is -0.120. The molecule has 1 unspecified atom stereocenters. The molecule has 1 saturated heterocycles. The molecular formula is C13H28N2O. The van der Waals surface area contributed by atoms with Crippen molar-refractivity contribution in [2.24, 2.45) is 0 Å². The zero-order chi connectivity index (χ0) is 11.8. The summed E-state index contributed by atoms with van der Waals surface area (Å²) in [6.07, 6.45) is 4.42. The molecule has 0 saturated carbocycles. The van der Waals surface area contributed by atoms with Crippen LogP contribution in [0.2, 0.25) is 0 Å². The molecule has 0 aliphatic carbocycles. The molecule has 1 aliphatic heterocycles. The molecule has 0 aromatic rings. The van der Waals surface area contributed by atoms with Crippen molar-refractivity contribution in [2.45, 2.75) is 52.2 Å². The van der Waals surface area contributed by atoms with Crippen molar-refractivity contribution in [1.29, 1.82) is 0 Å². The Labute approximate surface area is 101 Å². The van der Waals surface area contributed by atoms with Gasteiger partial charge in [0.2, 0.25) is 0 Å². The van der Waals surface area contributed by atoms with E-state index in [0.29, 0.717) is 12.1 Å². The molecule has 96 valence electrons. The highest BCUT2D eigenvalue weighted by Crippen LogP contribution is 2.08. The minimum absolute atomic E-state index is 0.353. The van der Waals surface area contributed by atoms with Gasteiger partial charge in [-0.25, -0.2) is 0 Å². The van der Waals surface area contributed by atoms with Crippen LogP contribution in [0, 0.1) is 0 Å². The summed E-state index contributed by atoms with van der Waals surface area (Å²) in [5.74, 6) is 0. The number of nitrogens with one attached hydrogen (secondary N) is 1. The van der Waals surface area contributed by atoms with Gasteiger partial charge in [0.1, 0.15) is 0 Å². The summed E-state index contributed by atoms with van der Waals surface area (Å²) < 4.78 is 5.60. The Morgan fingerprint density at radius 3 is 2.75 bits per heavy atom. The van der Waals surface area contributed by atoms with E-state index in [1.165, 1.54) is 32.4 Å². The lowest BCUT2D eigenvalue weighted by molar-refractivity contribution is 0.0574. The Balaban J connectivity index is 2.14.